The summed E-state index contributed by atoms with van der Waals surface area (Å²) in [5.74, 6) is 0.0118. The van der Waals surface area contributed by atoms with Gasteiger partial charge in [-0.2, -0.15) is 0 Å². The summed E-state index contributed by atoms with van der Waals surface area (Å²) in [6.45, 7) is 2.19. The number of anilines is 1. The second-order valence-electron chi connectivity index (χ2n) is 5.06. The highest BCUT2D eigenvalue weighted by Gasteiger charge is 2.10. The third-order valence-electron chi connectivity index (χ3n) is 3.25. The van der Waals surface area contributed by atoms with E-state index in [2.05, 4.69) is 12.2 Å². The van der Waals surface area contributed by atoms with Gasteiger partial charge in [0, 0.05) is 12.1 Å². The Morgan fingerprint density at radius 3 is 2.25 bits per heavy atom. The molecule has 0 aliphatic carbocycles. The molecule has 0 heterocycles. The molecule has 20 heavy (non-hydrogen) atoms. The van der Waals surface area contributed by atoms with E-state index in [0.29, 0.717) is 17.6 Å². The molecule has 4 nitrogen and oxygen atoms in total. The number of benzene rings is 1. The molecule has 1 aromatic carbocycles. The first-order valence-corrected chi connectivity index (χ1v) is 7.39. The topological polar surface area (TPSA) is 69.6 Å². The predicted octanol–water partition coefficient (Wildman–Crippen LogP) is 2.06. The van der Waals surface area contributed by atoms with Crippen LogP contribution in [0.3, 0.4) is 0 Å². The number of carbonyl (C=O) groups excluding carboxylic acids is 1. The Kier molecular flexibility index (Phi) is 8.00. The van der Waals surface area contributed by atoms with E-state index in [1.807, 2.05) is 0 Å². The fraction of sp³-hybridized carbons (Fsp3) is 0.533. The molecule has 1 rings (SSSR count). The third-order valence-corrected chi connectivity index (χ3v) is 3.25. The third kappa shape index (κ3) is 6.73. The molecule has 3 N–H and O–H groups in total. The van der Waals surface area contributed by atoms with Crippen LogP contribution in [0.4, 0.5) is 5.69 Å². The van der Waals surface area contributed by atoms with Crippen molar-refractivity contribution in [1.29, 1.82) is 0 Å². The molecule has 5 heteroatoms. The van der Waals surface area contributed by atoms with Gasteiger partial charge in [0.2, 0.25) is 5.91 Å². The average molecular weight is 277 g/mol. The quantitative estimate of drug-likeness (QED) is 0.478. The molecule has 0 aliphatic rings. The molecule has 0 saturated heterocycles. The molecule has 110 valence electrons. The molecular weight excluding hydrogens is 253 g/mol. The summed E-state index contributed by atoms with van der Waals surface area (Å²) >= 11 is 0. The van der Waals surface area contributed by atoms with Crippen molar-refractivity contribution in [3.05, 3.63) is 24.3 Å². The van der Waals surface area contributed by atoms with Crippen LogP contribution in [0.2, 0.25) is 0 Å². The second-order valence-corrected chi connectivity index (χ2v) is 5.06. The lowest BCUT2D eigenvalue weighted by atomic mass is 9.80. The molecule has 0 unspecified atom stereocenters. The first kappa shape index (κ1) is 16.7. The van der Waals surface area contributed by atoms with Crippen LogP contribution in [-0.4, -0.2) is 23.1 Å². The lowest BCUT2D eigenvalue weighted by Crippen LogP contribution is -2.29. The maximum absolute atomic E-state index is 11.7. The van der Waals surface area contributed by atoms with E-state index in [4.69, 9.17) is 10.0 Å². The summed E-state index contributed by atoms with van der Waals surface area (Å²) < 4.78 is 0. The molecule has 1 aromatic rings. The van der Waals surface area contributed by atoms with E-state index in [-0.39, 0.29) is 5.91 Å². The van der Waals surface area contributed by atoms with Crippen LogP contribution in [0.25, 0.3) is 0 Å². The van der Waals surface area contributed by atoms with E-state index in [1.165, 1.54) is 25.7 Å². The van der Waals surface area contributed by atoms with Crippen LogP contribution in [0.15, 0.2) is 24.3 Å². The van der Waals surface area contributed by atoms with E-state index in [0.717, 1.165) is 12.8 Å². The van der Waals surface area contributed by atoms with Crippen LogP contribution in [0.5, 0.6) is 0 Å². The van der Waals surface area contributed by atoms with Gasteiger partial charge in [-0.3, -0.25) is 4.79 Å². The Labute approximate surface area is 121 Å². The highest BCUT2D eigenvalue weighted by molar-refractivity contribution is 6.58. The van der Waals surface area contributed by atoms with Crippen LogP contribution < -0.4 is 10.8 Å². The average Bonchev–Trinajstić information content (AvgIpc) is 2.43. The largest absolute Gasteiger partial charge is 0.488 e. The zero-order valence-corrected chi connectivity index (χ0v) is 12.1. The second kappa shape index (κ2) is 9.56. The molecular formula is C15H24BNO3. The SMILES string of the molecule is CCCCCCCCC(=O)Nc1ccc(B(O)O)cc1. The number of amides is 1. The van der Waals surface area contributed by atoms with Crippen molar-refractivity contribution >= 4 is 24.2 Å². The molecule has 0 aliphatic heterocycles. The summed E-state index contributed by atoms with van der Waals surface area (Å²) in [5.41, 5.74) is 1.10. The number of rotatable bonds is 9. The smallest absolute Gasteiger partial charge is 0.423 e. The lowest BCUT2D eigenvalue weighted by Gasteiger charge is -2.06. The van der Waals surface area contributed by atoms with E-state index >= 15 is 0 Å². The fourth-order valence-electron chi connectivity index (χ4n) is 2.03. The Morgan fingerprint density at radius 1 is 1.05 bits per heavy atom. The standard InChI is InChI=1S/C15H24BNO3/c1-2-3-4-5-6-7-8-15(18)17-14-11-9-13(10-12-14)16(19)20/h9-12,19-20H,2-8H2,1H3,(H,17,18). The van der Waals surface area contributed by atoms with Gasteiger partial charge in [0.15, 0.2) is 0 Å². The molecule has 0 fully saturated rings. The summed E-state index contributed by atoms with van der Waals surface area (Å²) in [6.07, 6.45) is 7.52. The van der Waals surface area contributed by atoms with Crippen molar-refractivity contribution in [2.75, 3.05) is 5.32 Å². The Hall–Kier alpha value is -1.33. The van der Waals surface area contributed by atoms with Gasteiger partial charge in [0.1, 0.15) is 0 Å². The molecule has 0 radical (unpaired) electrons. The van der Waals surface area contributed by atoms with E-state index in [1.54, 1.807) is 24.3 Å². The monoisotopic (exact) mass is 277 g/mol. The summed E-state index contributed by atoms with van der Waals surface area (Å²) in [5, 5.41) is 20.7. The molecule has 0 aromatic heterocycles. The minimum atomic E-state index is -1.47. The van der Waals surface area contributed by atoms with Crippen molar-refractivity contribution in [2.45, 2.75) is 51.9 Å². The van der Waals surface area contributed by atoms with Gasteiger partial charge < -0.3 is 15.4 Å². The van der Waals surface area contributed by atoms with Gasteiger partial charge in [-0.05, 0) is 24.0 Å². The number of nitrogens with one attached hydrogen (secondary N) is 1. The van der Waals surface area contributed by atoms with Crippen LogP contribution >= 0.6 is 0 Å². The van der Waals surface area contributed by atoms with Gasteiger partial charge in [-0.25, -0.2) is 0 Å². The Morgan fingerprint density at radius 2 is 1.65 bits per heavy atom. The Balaban J connectivity index is 2.21. The zero-order chi connectivity index (χ0) is 14.8. The van der Waals surface area contributed by atoms with Gasteiger partial charge in [-0.15, -0.1) is 0 Å². The number of hydrogen-bond donors (Lipinski definition) is 3. The van der Waals surface area contributed by atoms with Crippen molar-refractivity contribution in [2.24, 2.45) is 0 Å². The molecule has 0 bridgehead atoms. The predicted molar refractivity (Wildman–Crippen MR) is 82.9 cm³/mol. The van der Waals surface area contributed by atoms with Crippen molar-refractivity contribution in [3.8, 4) is 0 Å². The van der Waals surface area contributed by atoms with Crippen molar-refractivity contribution in [3.63, 3.8) is 0 Å². The van der Waals surface area contributed by atoms with Gasteiger partial charge in [0.05, 0.1) is 0 Å². The summed E-state index contributed by atoms with van der Waals surface area (Å²) in [6, 6.07) is 6.53. The number of carbonyl (C=O) groups is 1. The van der Waals surface area contributed by atoms with E-state index < -0.39 is 7.12 Å². The number of unbranched alkanes of at least 4 members (excludes halogenated alkanes) is 5. The molecule has 0 saturated carbocycles. The Bertz CT molecular complexity index is 393. The summed E-state index contributed by atoms with van der Waals surface area (Å²) in [4.78, 5) is 11.7. The van der Waals surface area contributed by atoms with Crippen LogP contribution in [-0.2, 0) is 4.79 Å². The van der Waals surface area contributed by atoms with Crippen LogP contribution in [0, 0.1) is 0 Å². The first-order chi connectivity index (χ1) is 9.63. The molecule has 0 atom stereocenters. The van der Waals surface area contributed by atoms with Crippen LogP contribution in [0.1, 0.15) is 51.9 Å². The first-order valence-electron chi connectivity index (χ1n) is 7.39. The minimum absolute atomic E-state index is 0.0118. The fourth-order valence-corrected chi connectivity index (χ4v) is 2.03. The normalized spacial score (nSPS) is 10.3. The van der Waals surface area contributed by atoms with Crippen molar-refractivity contribution in [1.82, 2.24) is 0 Å². The van der Waals surface area contributed by atoms with Gasteiger partial charge in [-0.1, -0.05) is 51.2 Å². The minimum Gasteiger partial charge on any atom is -0.423 e. The number of hydrogen-bond acceptors (Lipinski definition) is 3. The highest BCUT2D eigenvalue weighted by Crippen LogP contribution is 2.09. The maximum Gasteiger partial charge on any atom is 0.488 e. The molecule has 0 spiro atoms. The maximum atomic E-state index is 11.7. The van der Waals surface area contributed by atoms with E-state index in [9.17, 15) is 4.79 Å². The van der Waals surface area contributed by atoms with Crippen molar-refractivity contribution < 1.29 is 14.8 Å². The zero-order valence-electron chi connectivity index (χ0n) is 12.1. The molecule has 1 amide bonds. The lowest BCUT2D eigenvalue weighted by molar-refractivity contribution is -0.116. The highest BCUT2D eigenvalue weighted by atomic mass is 16.4. The van der Waals surface area contributed by atoms with Gasteiger partial charge in [0.25, 0.3) is 0 Å². The summed E-state index contributed by atoms with van der Waals surface area (Å²) in [7, 11) is -1.47. The van der Waals surface area contributed by atoms with Gasteiger partial charge >= 0.3 is 7.12 Å².